The molecule has 0 aromatic rings. The van der Waals surface area contributed by atoms with Crippen molar-refractivity contribution in [3.8, 4) is 0 Å². The molecule has 5 atom stereocenters. The van der Waals surface area contributed by atoms with E-state index in [0.29, 0.717) is 6.42 Å². The molecule has 2 aliphatic rings. The van der Waals surface area contributed by atoms with Crippen LogP contribution in [0.2, 0.25) is 0 Å². The molecule has 0 amide bonds. The Morgan fingerprint density at radius 1 is 1.69 bits per heavy atom. The van der Waals surface area contributed by atoms with Gasteiger partial charge in [0.2, 0.25) is 0 Å². The maximum absolute atomic E-state index is 11.2. The number of rotatable bonds is 2. The van der Waals surface area contributed by atoms with Gasteiger partial charge in [-0.15, -0.1) is 0 Å². The Balaban J connectivity index is 2.06. The second-order valence-corrected chi connectivity index (χ2v) is 5.66. The fourth-order valence-electron chi connectivity index (χ4n) is 2.41. The van der Waals surface area contributed by atoms with Gasteiger partial charge in [0.15, 0.2) is 0 Å². The smallest absolute Gasteiger partial charge is 0.306 e. The summed E-state index contributed by atoms with van der Waals surface area (Å²) < 4.78 is 9.96. The zero-order valence-corrected chi connectivity index (χ0v) is 10.9. The predicted molar refractivity (Wildman–Crippen MR) is 61.9 cm³/mol. The summed E-state index contributed by atoms with van der Waals surface area (Å²) >= 11 is 2.09. The molecule has 6 heteroatoms. The molecule has 16 heavy (non-hydrogen) atoms. The number of hydrogen-bond donors (Lipinski definition) is 1. The highest BCUT2D eigenvalue weighted by molar-refractivity contribution is 14.1. The van der Waals surface area contributed by atoms with E-state index in [0.717, 1.165) is 0 Å². The van der Waals surface area contributed by atoms with E-state index in [4.69, 9.17) is 9.47 Å². The van der Waals surface area contributed by atoms with Gasteiger partial charge in [-0.2, -0.15) is 0 Å². The average Bonchev–Trinajstić information content (AvgIpc) is 2.66. The van der Waals surface area contributed by atoms with Gasteiger partial charge in [0.25, 0.3) is 0 Å². The molecule has 0 spiro atoms. The Hall–Kier alpha value is -0.370. The minimum Gasteiger partial charge on any atom is -0.465 e. The van der Waals surface area contributed by atoms with Crippen LogP contribution in [0, 0.1) is 11.8 Å². The Labute approximate surface area is 107 Å². The monoisotopic (exact) mass is 340 g/mol. The first kappa shape index (κ1) is 12.1. The lowest BCUT2D eigenvalue weighted by Crippen LogP contribution is -2.29. The van der Waals surface area contributed by atoms with Crippen molar-refractivity contribution in [2.24, 2.45) is 11.8 Å². The van der Waals surface area contributed by atoms with E-state index in [2.05, 4.69) is 22.6 Å². The number of fused-ring (bicyclic) bond motifs is 1. The summed E-state index contributed by atoms with van der Waals surface area (Å²) in [5, 5.41) is 9.97. The number of carbonyl (C=O) groups excluding carboxylic acids is 2. The molecule has 0 bridgehead atoms. The van der Waals surface area contributed by atoms with E-state index in [-0.39, 0.29) is 40.4 Å². The molecular formula is C10H13IO5. The normalized spacial score (nSPS) is 41.7. The van der Waals surface area contributed by atoms with Crippen molar-refractivity contribution in [1.29, 1.82) is 0 Å². The van der Waals surface area contributed by atoms with Gasteiger partial charge in [0.1, 0.15) is 6.10 Å². The van der Waals surface area contributed by atoms with Gasteiger partial charge >= 0.3 is 11.9 Å². The van der Waals surface area contributed by atoms with E-state index in [1.807, 2.05) is 0 Å². The van der Waals surface area contributed by atoms with Gasteiger partial charge in [-0.3, -0.25) is 9.59 Å². The average molecular weight is 340 g/mol. The SMILES string of the molecule is CC(=O)OC[C@@H]1[C@H](O)[C@@H](I)[C@@H]2OC(=O)C[C@H]12. The summed E-state index contributed by atoms with van der Waals surface area (Å²) in [7, 11) is 0. The molecule has 1 aliphatic heterocycles. The highest BCUT2D eigenvalue weighted by Gasteiger charge is 2.55. The van der Waals surface area contributed by atoms with Crippen LogP contribution in [0.15, 0.2) is 0 Å². The Morgan fingerprint density at radius 3 is 3.00 bits per heavy atom. The van der Waals surface area contributed by atoms with Crippen molar-refractivity contribution in [3.63, 3.8) is 0 Å². The number of alkyl halides is 1. The molecule has 0 unspecified atom stereocenters. The van der Waals surface area contributed by atoms with Crippen molar-refractivity contribution >= 4 is 34.5 Å². The quantitative estimate of drug-likeness (QED) is 0.444. The number of aliphatic hydroxyl groups excluding tert-OH is 1. The van der Waals surface area contributed by atoms with Crippen LogP contribution in [0.4, 0.5) is 0 Å². The third-order valence-electron chi connectivity index (χ3n) is 3.20. The van der Waals surface area contributed by atoms with Crippen molar-refractivity contribution < 1.29 is 24.2 Å². The summed E-state index contributed by atoms with van der Waals surface area (Å²) in [5.74, 6) is -0.812. The second-order valence-electron chi connectivity index (χ2n) is 4.22. The topological polar surface area (TPSA) is 72.8 Å². The minimum atomic E-state index is -0.581. The highest BCUT2D eigenvalue weighted by Crippen LogP contribution is 2.44. The van der Waals surface area contributed by atoms with E-state index >= 15 is 0 Å². The van der Waals surface area contributed by atoms with Crippen LogP contribution in [-0.4, -0.2) is 39.8 Å². The maximum atomic E-state index is 11.2. The van der Waals surface area contributed by atoms with E-state index in [1.165, 1.54) is 6.92 Å². The molecular weight excluding hydrogens is 327 g/mol. The largest absolute Gasteiger partial charge is 0.465 e. The molecule has 1 N–H and O–H groups in total. The summed E-state index contributed by atoms with van der Waals surface area (Å²) in [5.41, 5.74) is 0. The first-order valence-corrected chi connectivity index (χ1v) is 6.40. The summed E-state index contributed by atoms with van der Waals surface area (Å²) in [6, 6.07) is 0. The molecule has 5 nitrogen and oxygen atoms in total. The van der Waals surface area contributed by atoms with Crippen LogP contribution in [0.5, 0.6) is 0 Å². The van der Waals surface area contributed by atoms with Gasteiger partial charge in [-0.05, 0) is 0 Å². The van der Waals surface area contributed by atoms with Crippen LogP contribution in [-0.2, 0) is 19.1 Å². The molecule has 2 fully saturated rings. The fraction of sp³-hybridized carbons (Fsp3) is 0.800. The van der Waals surface area contributed by atoms with Gasteiger partial charge in [0, 0.05) is 18.8 Å². The van der Waals surface area contributed by atoms with Gasteiger partial charge in [0.05, 0.1) is 23.1 Å². The second kappa shape index (κ2) is 4.48. The van der Waals surface area contributed by atoms with Crippen LogP contribution in [0.25, 0.3) is 0 Å². The molecule has 0 aromatic heterocycles. The van der Waals surface area contributed by atoms with Crippen molar-refractivity contribution in [1.82, 2.24) is 0 Å². The number of carbonyl (C=O) groups is 2. The lowest BCUT2D eigenvalue weighted by molar-refractivity contribution is -0.143. The summed E-state index contributed by atoms with van der Waals surface area (Å²) in [6.45, 7) is 1.49. The third-order valence-corrected chi connectivity index (χ3v) is 4.65. The minimum absolute atomic E-state index is 0.0243. The number of ether oxygens (including phenoxy) is 2. The van der Waals surface area contributed by atoms with Gasteiger partial charge in [-0.25, -0.2) is 0 Å². The Bertz CT molecular complexity index is 318. The first-order valence-electron chi connectivity index (χ1n) is 5.15. The number of hydrogen-bond acceptors (Lipinski definition) is 5. The van der Waals surface area contributed by atoms with Crippen LogP contribution in [0.1, 0.15) is 13.3 Å². The predicted octanol–water partition coefficient (Wildman–Crippen LogP) is 0.275. The standard InChI is InChI=1S/C10H13IO5/c1-4(12)15-3-6-5-2-7(13)16-10(5)8(11)9(6)14/h5-6,8-10,14H,2-3H2,1H3/t5-,6+,8-,9+,10-/m1/s1. The van der Waals surface area contributed by atoms with Crippen molar-refractivity contribution in [2.45, 2.75) is 29.5 Å². The number of esters is 2. The molecule has 2 rings (SSSR count). The summed E-state index contributed by atoms with van der Waals surface area (Å²) in [6.07, 6.45) is -0.501. The highest BCUT2D eigenvalue weighted by atomic mass is 127. The maximum Gasteiger partial charge on any atom is 0.306 e. The number of halogens is 1. The molecule has 1 heterocycles. The Kier molecular flexibility index (Phi) is 3.39. The molecule has 1 aliphatic carbocycles. The van der Waals surface area contributed by atoms with Crippen LogP contribution < -0.4 is 0 Å². The lowest BCUT2D eigenvalue weighted by atomic mass is 9.93. The zero-order chi connectivity index (χ0) is 11.9. The van der Waals surface area contributed by atoms with Crippen molar-refractivity contribution in [2.75, 3.05) is 6.61 Å². The molecule has 0 radical (unpaired) electrons. The van der Waals surface area contributed by atoms with E-state index in [9.17, 15) is 14.7 Å². The lowest BCUT2D eigenvalue weighted by Gasteiger charge is -2.18. The van der Waals surface area contributed by atoms with Gasteiger partial charge in [-0.1, -0.05) is 22.6 Å². The van der Waals surface area contributed by atoms with Crippen molar-refractivity contribution in [3.05, 3.63) is 0 Å². The summed E-state index contributed by atoms with van der Waals surface area (Å²) in [4.78, 5) is 21.9. The first-order chi connectivity index (χ1) is 7.50. The van der Waals surface area contributed by atoms with Crippen LogP contribution >= 0.6 is 22.6 Å². The van der Waals surface area contributed by atoms with E-state index < -0.39 is 6.10 Å². The number of aliphatic hydroxyl groups is 1. The molecule has 1 saturated carbocycles. The third kappa shape index (κ3) is 2.04. The van der Waals surface area contributed by atoms with Gasteiger partial charge < -0.3 is 14.6 Å². The molecule has 1 saturated heterocycles. The zero-order valence-electron chi connectivity index (χ0n) is 8.76. The molecule has 0 aromatic carbocycles. The molecule has 90 valence electrons. The van der Waals surface area contributed by atoms with Crippen LogP contribution in [0.3, 0.4) is 0 Å². The van der Waals surface area contributed by atoms with E-state index in [1.54, 1.807) is 0 Å². The Morgan fingerprint density at radius 2 is 2.38 bits per heavy atom. The fourth-order valence-corrected chi connectivity index (χ4v) is 3.63.